The molecule has 1 unspecified atom stereocenters. The first-order chi connectivity index (χ1) is 17.0. The number of phenols is 1. The van der Waals surface area contributed by atoms with Crippen LogP contribution in [0.5, 0.6) is 5.75 Å². The number of phenolic OH excluding ortho intramolecular Hbond substituents is 1. The zero-order valence-electron chi connectivity index (χ0n) is 19.3. The topological polar surface area (TPSA) is 96.1 Å². The number of nitrogens with zero attached hydrogens (tertiary/aromatic N) is 3. The van der Waals surface area contributed by atoms with Crippen LogP contribution in [0.1, 0.15) is 22.0 Å². The molecule has 0 aliphatic carbocycles. The van der Waals surface area contributed by atoms with E-state index >= 15 is 0 Å². The van der Waals surface area contributed by atoms with Crippen LogP contribution in [0.4, 0.5) is 0 Å². The molecule has 0 bridgehead atoms. The number of rotatable bonds is 5. The van der Waals surface area contributed by atoms with E-state index in [1.54, 1.807) is 35.2 Å². The van der Waals surface area contributed by atoms with Crippen molar-refractivity contribution in [3.8, 4) is 17.2 Å². The van der Waals surface area contributed by atoms with Crippen LogP contribution in [-0.2, 0) is 9.53 Å². The number of hydrogen-bond acceptors (Lipinski definition) is 7. The van der Waals surface area contributed by atoms with Crippen LogP contribution in [0, 0.1) is 0 Å². The lowest BCUT2D eigenvalue weighted by Gasteiger charge is -2.38. The van der Waals surface area contributed by atoms with Gasteiger partial charge in [0.2, 0.25) is 5.89 Å². The number of fused-ring (bicyclic) bond motifs is 1. The summed E-state index contributed by atoms with van der Waals surface area (Å²) in [5, 5.41) is 9.67. The van der Waals surface area contributed by atoms with Crippen molar-refractivity contribution in [2.24, 2.45) is 0 Å². The summed E-state index contributed by atoms with van der Waals surface area (Å²) in [4.78, 5) is 34.1. The van der Waals surface area contributed by atoms with Crippen LogP contribution >= 0.6 is 0 Å². The molecular formula is C27H25N3O5. The van der Waals surface area contributed by atoms with Crippen molar-refractivity contribution < 1.29 is 23.8 Å². The Morgan fingerprint density at radius 2 is 1.74 bits per heavy atom. The predicted molar refractivity (Wildman–Crippen MR) is 130 cm³/mol. The molecule has 1 atom stereocenters. The van der Waals surface area contributed by atoms with E-state index in [2.05, 4.69) is 9.88 Å². The van der Waals surface area contributed by atoms with Gasteiger partial charge in [-0.05, 0) is 35.9 Å². The Bertz CT molecular complexity index is 1360. The molecule has 1 amide bonds. The number of amides is 1. The van der Waals surface area contributed by atoms with Crippen LogP contribution in [0.15, 0.2) is 77.2 Å². The lowest BCUT2D eigenvalue weighted by atomic mass is 10.0. The number of ether oxygens (including phenoxy) is 1. The minimum atomic E-state index is -0.500. The highest BCUT2D eigenvalue weighted by Crippen LogP contribution is 2.28. The van der Waals surface area contributed by atoms with Gasteiger partial charge >= 0.3 is 5.97 Å². The Balaban J connectivity index is 1.31. The Morgan fingerprint density at radius 1 is 0.971 bits per heavy atom. The molecule has 178 valence electrons. The predicted octanol–water partition coefficient (Wildman–Crippen LogP) is 3.87. The first-order valence-corrected chi connectivity index (χ1v) is 11.4. The second-order valence-corrected chi connectivity index (χ2v) is 8.42. The number of carbonyl (C=O) groups excluding carboxylic acids is 2. The zero-order valence-corrected chi connectivity index (χ0v) is 19.3. The summed E-state index contributed by atoms with van der Waals surface area (Å²) in [5.74, 6) is 0.0980. The molecule has 8 heteroatoms. The van der Waals surface area contributed by atoms with E-state index in [1.807, 2.05) is 36.4 Å². The van der Waals surface area contributed by atoms with Gasteiger partial charge in [-0.2, -0.15) is 0 Å². The number of esters is 1. The van der Waals surface area contributed by atoms with Crippen molar-refractivity contribution >= 4 is 23.0 Å². The lowest BCUT2D eigenvalue weighted by molar-refractivity contribution is -0.148. The minimum absolute atomic E-state index is 0.0883. The highest BCUT2D eigenvalue weighted by atomic mass is 16.5. The van der Waals surface area contributed by atoms with Gasteiger partial charge in [0.05, 0.1) is 7.11 Å². The van der Waals surface area contributed by atoms with Gasteiger partial charge in [0.25, 0.3) is 5.91 Å². The van der Waals surface area contributed by atoms with Crippen LogP contribution in [0.2, 0.25) is 0 Å². The summed E-state index contributed by atoms with van der Waals surface area (Å²) in [5.41, 5.74) is 3.20. The van der Waals surface area contributed by atoms with Gasteiger partial charge in [-0.3, -0.25) is 9.69 Å². The summed E-state index contributed by atoms with van der Waals surface area (Å²) < 4.78 is 10.9. The molecule has 1 aliphatic heterocycles. The molecule has 1 saturated heterocycles. The summed E-state index contributed by atoms with van der Waals surface area (Å²) in [6, 6.07) is 20.9. The lowest BCUT2D eigenvalue weighted by Crippen LogP contribution is -2.51. The SMILES string of the molecule is COC(=O)C(c1ccccc1)N1CCN(C(=O)c2cccc(-c3nc4cc(O)ccc4o3)c2)CC1. The number of aromatic hydroxyl groups is 1. The van der Waals surface area contributed by atoms with Gasteiger partial charge in [-0.15, -0.1) is 0 Å². The highest BCUT2D eigenvalue weighted by Gasteiger charge is 2.32. The molecule has 0 radical (unpaired) electrons. The molecule has 1 aromatic heterocycles. The second kappa shape index (κ2) is 9.60. The van der Waals surface area contributed by atoms with Crippen molar-refractivity contribution in [2.75, 3.05) is 33.3 Å². The zero-order chi connectivity index (χ0) is 24.4. The maximum atomic E-state index is 13.3. The minimum Gasteiger partial charge on any atom is -0.508 e. The van der Waals surface area contributed by atoms with Crippen molar-refractivity contribution in [1.29, 1.82) is 0 Å². The smallest absolute Gasteiger partial charge is 0.327 e. The number of carbonyl (C=O) groups is 2. The number of hydrogen-bond donors (Lipinski definition) is 1. The Kier molecular flexibility index (Phi) is 6.20. The highest BCUT2D eigenvalue weighted by molar-refractivity contribution is 5.95. The normalized spacial score (nSPS) is 15.2. The molecule has 1 N–H and O–H groups in total. The van der Waals surface area contributed by atoms with E-state index in [1.165, 1.54) is 13.2 Å². The Labute approximate surface area is 202 Å². The molecule has 1 aliphatic rings. The van der Waals surface area contributed by atoms with E-state index in [4.69, 9.17) is 9.15 Å². The maximum Gasteiger partial charge on any atom is 0.327 e. The van der Waals surface area contributed by atoms with Gasteiger partial charge < -0.3 is 19.2 Å². The molecule has 8 nitrogen and oxygen atoms in total. The van der Waals surface area contributed by atoms with Gasteiger partial charge in [0.1, 0.15) is 17.3 Å². The monoisotopic (exact) mass is 471 g/mol. The average Bonchev–Trinajstić information content (AvgIpc) is 3.33. The fourth-order valence-electron chi connectivity index (χ4n) is 4.43. The van der Waals surface area contributed by atoms with E-state index < -0.39 is 6.04 Å². The standard InChI is InChI=1S/C27H25N3O5/c1-34-27(33)24(18-6-3-2-4-7-18)29-12-14-30(15-13-29)26(32)20-9-5-8-19(16-20)25-28-22-17-21(31)10-11-23(22)35-25/h2-11,16-17,24,31H,12-15H2,1H3. The molecule has 5 rings (SSSR count). The average molecular weight is 472 g/mol. The molecule has 0 saturated carbocycles. The van der Waals surface area contributed by atoms with Crippen molar-refractivity contribution in [3.63, 3.8) is 0 Å². The molecule has 4 aromatic rings. The summed E-state index contributed by atoms with van der Waals surface area (Å²) in [6.07, 6.45) is 0. The first-order valence-electron chi connectivity index (χ1n) is 11.4. The molecule has 1 fully saturated rings. The van der Waals surface area contributed by atoms with Crippen molar-refractivity contribution in [2.45, 2.75) is 6.04 Å². The number of aromatic nitrogens is 1. The summed E-state index contributed by atoms with van der Waals surface area (Å²) in [7, 11) is 1.39. The van der Waals surface area contributed by atoms with Crippen LogP contribution in [-0.4, -0.2) is 65.1 Å². The largest absolute Gasteiger partial charge is 0.508 e. The molecular weight excluding hydrogens is 446 g/mol. The number of benzene rings is 3. The van der Waals surface area contributed by atoms with Crippen LogP contribution in [0.3, 0.4) is 0 Å². The number of oxazole rings is 1. The first kappa shape index (κ1) is 22.6. The third kappa shape index (κ3) is 4.61. The van der Waals surface area contributed by atoms with Crippen molar-refractivity contribution in [1.82, 2.24) is 14.8 Å². The molecule has 3 aromatic carbocycles. The molecule has 2 heterocycles. The van der Waals surface area contributed by atoms with Gasteiger partial charge in [-0.25, -0.2) is 9.78 Å². The van der Waals surface area contributed by atoms with Crippen molar-refractivity contribution in [3.05, 3.63) is 83.9 Å². The van der Waals surface area contributed by atoms with Gasteiger partial charge in [0.15, 0.2) is 5.58 Å². The van der Waals surface area contributed by atoms with E-state index in [9.17, 15) is 14.7 Å². The number of piperazine rings is 1. The van der Waals surface area contributed by atoms with E-state index in [0.29, 0.717) is 54.3 Å². The third-order valence-corrected chi connectivity index (χ3v) is 6.23. The molecule has 35 heavy (non-hydrogen) atoms. The Morgan fingerprint density at radius 3 is 2.49 bits per heavy atom. The summed E-state index contributed by atoms with van der Waals surface area (Å²) >= 11 is 0. The van der Waals surface area contributed by atoms with E-state index in [-0.39, 0.29) is 17.6 Å². The van der Waals surface area contributed by atoms with Crippen LogP contribution < -0.4 is 0 Å². The maximum absolute atomic E-state index is 13.3. The molecule has 0 spiro atoms. The second-order valence-electron chi connectivity index (χ2n) is 8.42. The Hall–Kier alpha value is -4.17. The summed E-state index contributed by atoms with van der Waals surface area (Å²) in [6.45, 7) is 2.08. The number of methoxy groups -OCH3 is 1. The van der Waals surface area contributed by atoms with Gasteiger partial charge in [-0.1, -0.05) is 36.4 Å². The quantitative estimate of drug-likeness (QED) is 0.442. The fourth-order valence-corrected chi connectivity index (χ4v) is 4.43. The van der Waals surface area contributed by atoms with E-state index in [0.717, 1.165) is 5.56 Å². The van der Waals surface area contributed by atoms with Crippen LogP contribution in [0.25, 0.3) is 22.6 Å². The third-order valence-electron chi connectivity index (χ3n) is 6.23. The fraction of sp³-hybridized carbons (Fsp3) is 0.222. The van der Waals surface area contributed by atoms with Gasteiger partial charge in [0, 0.05) is 43.4 Å².